The van der Waals surface area contributed by atoms with E-state index in [9.17, 15) is 22.8 Å². The van der Waals surface area contributed by atoms with Gasteiger partial charge in [-0.05, 0) is 48.2 Å². The quantitative estimate of drug-likeness (QED) is 0.270. The number of carbonyl (C=O) groups is 2. The number of anilines is 1. The van der Waals surface area contributed by atoms with Crippen molar-refractivity contribution >= 4 is 17.7 Å². The smallest absolute Gasteiger partial charge is 0.335 e. The van der Waals surface area contributed by atoms with Crippen LogP contribution in [-0.4, -0.2) is 18.1 Å². The van der Waals surface area contributed by atoms with Crippen molar-refractivity contribution in [2.75, 3.05) is 5.32 Å². The number of urea groups is 2. The average Bonchev–Trinajstić information content (AvgIpc) is 2.92. The van der Waals surface area contributed by atoms with E-state index < -0.39 is 29.9 Å². The summed E-state index contributed by atoms with van der Waals surface area (Å²) < 4.78 is 38.7. The summed E-state index contributed by atoms with van der Waals surface area (Å²) in [6.45, 7) is 0. The predicted molar refractivity (Wildman–Crippen MR) is 141 cm³/mol. The summed E-state index contributed by atoms with van der Waals surface area (Å²) in [4.78, 5) is 26.1. The topological polar surface area (TPSA) is 82.3 Å². The second-order valence-corrected chi connectivity index (χ2v) is 9.40. The summed E-state index contributed by atoms with van der Waals surface area (Å²) in [6.07, 6.45) is 0.710. The number of rotatable bonds is 7. The molecule has 0 heterocycles. The predicted octanol–water partition coefficient (Wildman–Crippen LogP) is 6.94. The van der Waals surface area contributed by atoms with Crippen LogP contribution in [0.3, 0.4) is 0 Å². The molecule has 0 saturated heterocycles. The zero-order valence-electron chi connectivity index (χ0n) is 20.8. The normalized spacial score (nSPS) is 15.7. The Hall–Kier alpha value is -4.01. The standard InChI is InChI=1S/C29H31F3N4O2/c30-29(31,32)22-16-18-24(19-17-22)34-28(38)36-26(21-12-6-2-7-13-21)25(20-10-4-1-5-11-20)35-27(37)33-23-14-8-3-9-15-23/h1-2,4-7,10-13,16-19,23,25-26H,3,8-9,14-15H2,(H2,33,35,37)(H2,34,36,38). The van der Waals surface area contributed by atoms with Crippen LogP contribution in [0.15, 0.2) is 84.9 Å². The van der Waals surface area contributed by atoms with Crippen LogP contribution in [0.1, 0.15) is 60.9 Å². The first-order valence-corrected chi connectivity index (χ1v) is 12.7. The van der Waals surface area contributed by atoms with Gasteiger partial charge < -0.3 is 21.3 Å². The second-order valence-electron chi connectivity index (χ2n) is 9.40. The van der Waals surface area contributed by atoms with Crippen molar-refractivity contribution in [3.05, 3.63) is 102 Å². The van der Waals surface area contributed by atoms with Crippen molar-refractivity contribution in [2.45, 2.75) is 56.4 Å². The highest BCUT2D eigenvalue weighted by atomic mass is 19.4. The van der Waals surface area contributed by atoms with Crippen LogP contribution >= 0.6 is 0 Å². The largest absolute Gasteiger partial charge is 0.416 e. The first kappa shape index (κ1) is 27.0. The van der Waals surface area contributed by atoms with E-state index in [0.717, 1.165) is 48.9 Å². The molecule has 38 heavy (non-hydrogen) atoms. The molecule has 3 aromatic rings. The van der Waals surface area contributed by atoms with Gasteiger partial charge in [0, 0.05) is 11.7 Å². The van der Waals surface area contributed by atoms with E-state index >= 15 is 0 Å². The van der Waals surface area contributed by atoms with Crippen molar-refractivity contribution in [3.63, 3.8) is 0 Å². The van der Waals surface area contributed by atoms with Crippen molar-refractivity contribution in [3.8, 4) is 0 Å². The van der Waals surface area contributed by atoms with Crippen LogP contribution in [0, 0.1) is 0 Å². The van der Waals surface area contributed by atoms with E-state index in [1.807, 2.05) is 60.7 Å². The van der Waals surface area contributed by atoms with Gasteiger partial charge in [0.05, 0.1) is 17.6 Å². The van der Waals surface area contributed by atoms with E-state index in [0.29, 0.717) is 0 Å². The minimum atomic E-state index is -4.47. The summed E-state index contributed by atoms with van der Waals surface area (Å²) in [7, 11) is 0. The molecule has 1 aliphatic carbocycles. The molecule has 3 aromatic carbocycles. The molecule has 4 amide bonds. The van der Waals surface area contributed by atoms with Crippen LogP contribution in [0.2, 0.25) is 0 Å². The fourth-order valence-corrected chi connectivity index (χ4v) is 4.71. The average molecular weight is 525 g/mol. The first-order valence-electron chi connectivity index (χ1n) is 12.7. The Morgan fingerprint density at radius 2 is 1.18 bits per heavy atom. The third-order valence-electron chi connectivity index (χ3n) is 6.63. The lowest BCUT2D eigenvalue weighted by Crippen LogP contribution is -2.48. The zero-order valence-corrected chi connectivity index (χ0v) is 20.8. The molecule has 2 atom stereocenters. The molecule has 0 aromatic heterocycles. The molecule has 1 saturated carbocycles. The van der Waals surface area contributed by atoms with Gasteiger partial charge in [0.1, 0.15) is 0 Å². The maximum absolute atomic E-state index is 13.1. The Morgan fingerprint density at radius 1 is 0.684 bits per heavy atom. The van der Waals surface area contributed by atoms with Gasteiger partial charge in [-0.1, -0.05) is 79.9 Å². The van der Waals surface area contributed by atoms with Gasteiger partial charge in [-0.2, -0.15) is 13.2 Å². The molecule has 4 rings (SSSR count). The third-order valence-corrected chi connectivity index (χ3v) is 6.63. The molecule has 0 radical (unpaired) electrons. The zero-order chi connectivity index (χ0) is 27.0. The molecule has 6 nitrogen and oxygen atoms in total. The van der Waals surface area contributed by atoms with E-state index in [1.165, 1.54) is 18.6 Å². The number of amides is 4. The molecule has 1 aliphatic rings. The first-order chi connectivity index (χ1) is 18.3. The molecule has 1 fully saturated rings. The number of hydrogen-bond acceptors (Lipinski definition) is 2. The summed E-state index contributed by atoms with van der Waals surface area (Å²) in [5.41, 5.74) is 0.946. The summed E-state index contributed by atoms with van der Waals surface area (Å²) >= 11 is 0. The minimum Gasteiger partial charge on any atom is -0.335 e. The Kier molecular flexibility index (Phi) is 8.89. The number of nitrogens with one attached hydrogen (secondary N) is 4. The minimum absolute atomic E-state index is 0.103. The van der Waals surface area contributed by atoms with Crippen molar-refractivity contribution in [2.24, 2.45) is 0 Å². The van der Waals surface area contributed by atoms with Gasteiger partial charge in [0.15, 0.2) is 0 Å². The molecule has 2 unspecified atom stereocenters. The van der Waals surface area contributed by atoms with Crippen LogP contribution in [-0.2, 0) is 6.18 Å². The number of halogens is 3. The van der Waals surface area contributed by atoms with E-state index in [2.05, 4.69) is 21.3 Å². The van der Waals surface area contributed by atoms with Crippen LogP contribution in [0.5, 0.6) is 0 Å². The van der Waals surface area contributed by atoms with E-state index in [4.69, 9.17) is 0 Å². The molecule has 0 aliphatic heterocycles. The summed E-state index contributed by atoms with van der Waals surface area (Å²) in [5, 5.41) is 11.6. The lowest BCUT2D eigenvalue weighted by Gasteiger charge is -2.31. The highest BCUT2D eigenvalue weighted by Crippen LogP contribution is 2.31. The van der Waals surface area contributed by atoms with Gasteiger partial charge >= 0.3 is 18.2 Å². The lowest BCUT2D eigenvalue weighted by atomic mass is 9.93. The van der Waals surface area contributed by atoms with Crippen LogP contribution in [0.4, 0.5) is 28.4 Å². The van der Waals surface area contributed by atoms with Crippen molar-refractivity contribution in [1.29, 1.82) is 0 Å². The lowest BCUT2D eigenvalue weighted by molar-refractivity contribution is -0.137. The van der Waals surface area contributed by atoms with Gasteiger partial charge in [-0.15, -0.1) is 0 Å². The van der Waals surface area contributed by atoms with Gasteiger partial charge in [-0.3, -0.25) is 0 Å². The number of hydrogen-bond donors (Lipinski definition) is 4. The Bertz CT molecular complexity index is 1180. The van der Waals surface area contributed by atoms with Crippen LogP contribution < -0.4 is 21.3 Å². The molecule has 0 bridgehead atoms. The van der Waals surface area contributed by atoms with Gasteiger partial charge in [0.2, 0.25) is 0 Å². The second kappa shape index (κ2) is 12.5. The monoisotopic (exact) mass is 524 g/mol. The molecular formula is C29H31F3N4O2. The fraction of sp³-hybridized carbons (Fsp3) is 0.310. The molecule has 0 spiro atoms. The van der Waals surface area contributed by atoms with E-state index in [1.54, 1.807) is 0 Å². The Morgan fingerprint density at radius 3 is 1.68 bits per heavy atom. The SMILES string of the molecule is O=C(Nc1ccc(C(F)(F)F)cc1)NC(c1ccccc1)C(NC(=O)NC1CCCCC1)c1ccccc1. The number of carbonyl (C=O) groups excluding carboxylic acids is 2. The van der Waals surface area contributed by atoms with E-state index in [-0.39, 0.29) is 17.8 Å². The Labute approximate surface area is 220 Å². The van der Waals surface area contributed by atoms with Crippen LogP contribution in [0.25, 0.3) is 0 Å². The molecule has 4 N–H and O–H groups in total. The number of alkyl halides is 3. The Balaban J connectivity index is 1.56. The molecule has 200 valence electrons. The van der Waals surface area contributed by atoms with Gasteiger partial charge in [-0.25, -0.2) is 9.59 Å². The maximum Gasteiger partial charge on any atom is 0.416 e. The summed E-state index contributed by atoms with van der Waals surface area (Å²) in [5.74, 6) is 0. The van der Waals surface area contributed by atoms with Crippen molar-refractivity contribution in [1.82, 2.24) is 16.0 Å². The van der Waals surface area contributed by atoms with Crippen molar-refractivity contribution < 1.29 is 22.8 Å². The highest BCUT2D eigenvalue weighted by molar-refractivity contribution is 5.89. The molecule has 9 heteroatoms. The number of benzene rings is 3. The maximum atomic E-state index is 13.1. The highest BCUT2D eigenvalue weighted by Gasteiger charge is 2.31. The van der Waals surface area contributed by atoms with Gasteiger partial charge in [0.25, 0.3) is 0 Å². The molecular weight excluding hydrogens is 493 g/mol. The third kappa shape index (κ3) is 7.50. The fourth-order valence-electron chi connectivity index (χ4n) is 4.71. The summed E-state index contributed by atoms with van der Waals surface area (Å²) in [6, 6.07) is 20.6.